The lowest BCUT2D eigenvalue weighted by Crippen LogP contribution is -2.24. The first-order chi connectivity index (χ1) is 9.79. The smallest absolute Gasteiger partial charge is 0.252 e. The first kappa shape index (κ1) is 15.1. The molecule has 0 radical (unpaired) electrons. The third-order valence-electron chi connectivity index (χ3n) is 3.72. The highest BCUT2D eigenvalue weighted by atomic mass is 32.1. The average molecular weight is 290 g/mol. The van der Waals surface area contributed by atoms with E-state index in [1.54, 1.807) is 0 Å². The van der Waals surface area contributed by atoms with Gasteiger partial charge < -0.3 is 11.1 Å². The number of hydrogen-bond acceptors (Lipinski definition) is 3. The lowest BCUT2D eigenvalue weighted by molar-refractivity contribution is 0.0953. The quantitative estimate of drug-likeness (QED) is 0.647. The molecule has 1 heterocycles. The van der Waals surface area contributed by atoms with Crippen LogP contribution >= 0.6 is 11.3 Å². The van der Waals surface area contributed by atoms with Gasteiger partial charge in [0, 0.05) is 11.9 Å². The van der Waals surface area contributed by atoms with Gasteiger partial charge in [-0.3, -0.25) is 4.79 Å². The van der Waals surface area contributed by atoms with Gasteiger partial charge in [-0.05, 0) is 24.8 Å². The van der Waals surface area contributed by atoms with Crippen molar-refractivity contribution >= 4 is 17.2 Å². The minimum absolute atomic E-state index is 0.00784. The molecule has 108 valence electrons. The van der Waals surface area contributed by atoms with Crippen molar-refractivity contribution in [1.29, 1.82) is 0 Å². The normalized spacial score (nSPS) is 14.8. The first-order valence-corrected chi connectivity index (χ1v) is 8.23. The molecule has 3 nitrogen and oxygen atoms in total. The van der Waals surface area contributed by atoms with E-state index in [1.165, 1.54) is 43.4 Å². The van der Waals surface area contributed by atoms with E-state index < -0.39 is 0 Å². The highest BCUT2D eigenvalue weighted by Crippen LogP contribution is 2.28. The van der Waals surface area contributed by atoms with E-state index >= 15 is 0 Å². The SMILES string of the molecule is NCC#Cc1cc(C(=O)NCCCC2CCCC2)cs1. The van der Waals surface area contributed by atoms with Crippen LogP contribution in [0.3, 0.4) is 0 Å². The van der Waals surface area contributed by atoms with Crippen molar-refractivity contribution < 1.29 is 4.79 Å². The minimum atomic E-state index is 0.00784. The molecule has 4 heteroatoms. The van der Waals surface area contributed by atoms with Crippen LogP contribution in [0.4, 0.5) is 0 Å². The summed E-state index contributed by atoms with van der Waals surface area (Å²) in [7, 11) is 0. The van der Waals surface area contributed by atoms with Crippen LogP contribution in [0.25, 0.3) is 0 Å². The third-order valence-corrected chi connectivity index (χ3v) is 4.57. The summed E-state index contributed by atoms with van der Waals surface area (Å²) in [5.41, 5.74) is 6.03. The molecule has 0 unspecified atom stereocenters. The maximum Gasteiger partial charge on any atom is 0.252 e. The van der Waals surface area contributed by atoms with Gasteiger partial charge in [-0.1, -0.05) is 37.5 Å². The number of nitrogens with two attached hydrogens (primary N) is 1. The van der Waals surface area contributed by atoms with Gasteiger partial charge >= 0.3 is 0 Å². The fourth-order valence-electron chi connectivity index (χ4n) is 2.65. The Hall–Kier alpha value is -1.31. The van der Waals surface area contributed by atoms with Crippen LogP contribution in [-0.2, 0) is 0 Å². The molecule has 1 aliphatic carbocycles. The van der Waals surface area contributed by atoms with Gasteiger partial charge in [0.1, 0.15) is 0 Å². The number of amides is 1. The maximum atomic E-state index is 12.0. The van der Waals surface area contributed by atoms with Crippen molar-refractivity contribution in [1.82, 2.24) is 5.32 Å². The molecule has 0 saturated heterocycles. The number of hydrogen-bond donors (Lipinski definition) is 2. The summed E-state index contributed by atoms with van der Waals surface area (Å²) >= 11 is 1.49. The van der Waals surface area contributed by atoms with Crippen LogP contribution < -0.4 is 11.1 Å². The van der Waals surface area contributed by atoms with Crippen molar-refractivity contribution in [3.8, 4) is 11.8 Å². The second-order valence-electron chi connectivity index (χ2n) is 5.25. The average Bonchev–Trinajstić information content (AvgIpc) is 3.12. The van der Waals surface area contributed by atoms with E-state index in [2.05, 4.69) is 17.2 Å². The van der Waals surface area contributed by atoms with E-state index in [1.807, 2.05) is 11.4 Å². The van der Waals surface area contributed by atoms with Gasteiger partial charge in [-0.2, -0.15) is 0 Å². The molecule has 0 aliphatic heterocycles. The van der Waals surface area contributed by atoms with Gasteiger partial charge in [-0.25, -0.2) is 0 Å². The Morgan fingerprint density at radius 1 is 1.45 bits per heavy atom. The number of carbonyl (C=O) groups is 1. The molecular formula is C16H22N2OS. The van der Waals surface area contributed by atoms with Crippen molar-refractivity contribution in [2.45, 2.75) is 38.5 Å². The zero-order valence-corrected chi connectivity index (χ0v) is 12.6. The lowest BCUT2D eigenvalue weighted by atomic mass is 10.0. The third kappa shape index (κ3) is 4.66. The van der Waals surface area contributed by atoms with Crippen LogP contribution in [0.5, 0.6) is 0 Å². The predicted octanol–water partition coefficient (Wildman–Crippen LogP) is 2.76. The van der Waals surface area contributed by atoms with Gasteiger partial charge in [0.2, 0.25) is 0 Å². The summed E-state index contributed by atoms with van der Waals surface area (Å²) in [4.78, 5) is 12.8. The molecule has 1 amide bonds. The van der Waals surface area contributed by atoms with E-state index in [9.17, 15) is 4.79 Å². The molecule has 0 aromatic carbocycles. The summed E-state index contributed by atoms with van der Waals surface area (Å²) in [5, 5.41) is 4.84. The van der Waals surface area contributed by atoms with E-state index in [0.717, 1.165) is 23.8 Å². The highest BCUT2D eigenvalue weighted by Gasteiger charge is 2.14. The minimum Gasteiger partial charge on any atom is -0.352 e. The van der Waals surface area contributed by atoms with Crippen molar-refractivity contribution in [3.63, 3.8) is 0 Å². The summed E-state index contributed by atoms with van der Waals surface area (Å²) in [5.74, 6) is 6.65. The van der Waals surface area contributed by atoms with E-state index in [-0.39, 0.29) is 5.91 Å². The van der Waals surface area contributed by atoms with Crippen molar-refractivity contribution in [2.24, 2.45) is 11.7 Å². The van der Waals surface area contributed by atoms with E-state index in [4.69, 9.17) is 5.73 Å². The first-order valence-electron chi connectivity index (χ1n) is 7.35. The van der Waals surface area contributed by atoms with Crippen LogP contribution in [0.15, 0.2) is 11.4 Å². The molecule has 0 spiro atoms. The number of thiophene rings is 1. The summed E-state index contributed by atoms with van der Waals surface area (Å²) in [6, 6.07) is 1.83. The zero-order chi connectivity index (χ0) is 14.2. The molecule has 20 heavy (non-hydrogen) atoms. The van der Waals surface area contributed by atoms with Gasteiger partial charge in [-0.15, -0.1) is 11.3 Å². The Morgan fingerprint density at radius 3 is 3.00 bits per heavy atom. The van der Waals surface area contributed by atoms with Crippen molar-refractivity contribution in [2.75, 3.05) is 13.1 Å². The second-order valence-corrected chi connectivity index (χ2v) is 6.17. The molecule has 0 bridgehead atoms. The molecule has 1 aromatic heterocycles. The van der Waals surface area contributed by atoms with Crippen LogP contribution in [0.1, 0.15) is 53.8 Å². The lowest BCUT2D eigenvalue weighted by Gasteiger charge is -2.08. The number of rotatable bonds is 5. The maximum absolute atomic E-state index is 12.0. The Labute approximate surface area is 124 Å². The topological polar surface area (TPSA) is 55.1 Å². The molecular weight excluding hydrogens is 268 g/mol. The largest absolute Gasteiger partial charge is 0.352 e. The Balaban J connectivity index is 1.69. The summed E-state index contributed by atoms with van der Waals surface area (Å²) < 4.78 is 0. The Morgan fingerprint density at radius 2 is 2.25 bits per heavy atom. The molecule has 1 fully saturated rings. The Bertz CT molecular complexity index is 492. The van der Waals surface area contributed by atoms with Gasteiger partial charge in [0.25, 0.3) is 5.91 Å². The fraction of sp³-hybridized carbons (Fsp3) is 0.562. The molecule has 0 atom stereocenters. The Kier molecular flexibility index (Phi) is 6.10. The summed E-state index contributed by atoms with van der Waals surface area (Å²) in [6.07, 6.45) is 7.86. The standard InChI is InChI=1S/C16H22N2OS/c17-9-3-8-15-11-14(12-20-15)16(19)18-10-4-7-13-5-1-2-6-13/h11-13H,1-2,4-7,9-10,17H2,(H,18,19). The molecule has 1 aliphatic rings. The zero-order valence-electron chi connectivity index (χ0n) is 11.8. The second kappa shape index (κ2) is 8.08. The number of carbonyl (C=O) groups excluding carboxylic acids is 1. The van der Waals surface area contributed by atoms with Crippen LogP contribution in [0, 0.1) is 17.8 Å². The summed E-state index contributed by atoms with van der Waals surface area (Å²) in [6.45, 7) is 1.12. The molecule has 3 N–H and O–H groups in total. The van der Waals surface area contributed by atoms with Crippen LogP contribution in [0.2, 0.25) is 0 Å². The predicted molar refractivity (Wildman–Crippen MR) is 83.8 cm³/mol. The number of nitrogens with one attached hydrogen (secondary N) is 1. The van der Waals surface area contributed by atoms with E-state index in [0.29, 0.717) is 12.1 Å². The monoisotopic (exact) mass is 290 g/mol. The van der Waals surface area contributed by atoms with Gasteiger partial charge in [0.05, 0.1) is 17.0 Å². The fourth-order valence-corrected chi connectivity index (χ4v) is 3.41. The van der Waals surface area contributed by atoms with Gasteiger partial charge in [0.15, 0.2) is 0 Å². The van der Waals surface area contributed by atoms with Crippen molar-refractivity contribution in [3.05, 3.63) is 21.9 Å². The molecule has 2 rings (SSSR count). The highest BCUT2D eigenvalue weighted by molar-refractivity contribution is 7.10. The molecule has 1 aromatic rings. The molecule has 1 saturated carbocycles. The van der Waals surface area contributed by atoms with Crippen LogP contribution in [-0.4, -0.2) is 19.0 Å².